The highest BCUT2D eigenvalue weighted by atomic mass is 35.5. The van der Waals surface area contributed by atoms with Crippen LogP contribution >= 0.6 is 11.6 Å². The van der Waals surface area contributed by atoms with E-state index in [-0.39, 0.29) is 0 Å². The first kappa shape index (κ1) is 11.8. The molecular formula is C14H15ClN2O. The van der Waals surface area contributed by atoms with Crippen molar-refractivity contribution in [2.75, 3.05) is 12.4 Å². The van der Waals surface area contributed by atoms with Gasteiger partial charge in [-0.2, -0.15) is 0 Å². The lowest BCUT2D eigenvalue weighted by molar-refractivity contribution is 0.156. The minimum absolute atomic E-state index is 0.413. The number of fused-ring (bicyclic) bond motifs is 2. The van der Waals surface area contributed by atoms with Crippen LogP contribution in [-0.4, -0.2) is 17.1 Å². The van der Waals surface area contributed by atoms with Gasteiger partial charge in [-0.3, -0.25) is 4.98 Å². The number of aryl methyl sites for hydroxylation is 1. The van der Waals surface area contributed by atoms with Crippen LogP contribution in [0.25, 0.3) is 10.9 Å². The smallest absolute Gasteiger partial charge is 0.0828 e. The maximum absolute atomic E-state index is 10.2. The van der Waals surface area contributed by atoms with Crippen LogP contribution in [0.1, 0.15) is 30.2 Å². The number of hydrogen-bond donors (Lipinski definition) is 2. The van der Waals surface area contributed by atoms with Crippen molar-refractivity contribution in [2.24, 2.45) is 0 Å². The summed E-state index contributed by atoms with van der Waals surface area (Å²) in [5.41, 5.74) is 3.82. The van der Waals surface area contributed by atoms with E-state index in [1.165, 1.54) is 0 Å². The van der Waals surface area contributed by atoms with Gasteiger partial charge in [-0.15, -0.1) is 0 Å². The molecule has 0 fully saturated rings. The Hall–Kier alpha value is -1.32. The fraction of sp³-hybridized carbons (Fsp3) is 0.357. The van der Waals surface area contributed by atoms with Gasteiger partial charge >= 0.3 is 0 Å². The molecule has 1 unspecified atom stereocenters. The summed E-state index contributed by atoms with van der Waals surface area (Å²) in [7, 11) is 1.88. The van der Waals surface area contributed by atoms with Gasteiger partial charge in [-0.1, -0.05) is 11.6 Å². The maximum atomic E-state index is 10.2. The highest BCUT2D eigenvalue weighted by molar-refractivity contribution is 6.31. The van der Waals surface area contributed by atoms with Crippen molar-refractivity contribution in [1.82, 2.24) is 4.98 Å². The number of anilines is 1. The molecule has 4 heteroatoms. The summed E-state index contributed by atoms with van der Waals surface area (Å²) >= 11 is 6.02. The zero-order valence-electron chi connectivity index (χ0n) is 10.2. The minimum Gasteiger partial charge on any atom is -0.388 e. The van der Waals surface area contributed by atoms with Crippen molar-refractivity contribution in [3.05, 3.63) is 34.5 Å². The molecule has 1 aliphatic carbocycles. The molecule has 3 nitrogen and oxygen atoms in total. The van der Waals surface area contributed by atoms with Crippen LogP contribution in [0.2, 0.25) is 5.02 Å². The molecule has 0 spiro atoms. The largest absolute Gasteiger partial charge is 0.388 e. The second kappa shape index (κ2) is 4.41. The molecule has 1 aliphatic rings. The van der Waals surface area contributed by atoms with E-state index in [2.05, 4.69) is 10.3 Å². The summed E-state index contributed by atoms with van der Waals surface area (Å²) in [5.74, 6) is 0. The Morgan fingerprint density at radius 1 is 1.44 bits per heavy atom. The Balaban J connectivity index is 2.36. The quantitative estimate of drug-likeness (QED) is 0.829. The number of rotatable bonds is 1. The lowest BCUT2D eigenvalue weighted by Crippen LogP contribution is -2.14. The fourth-order valence-corrected chi connectivity index (χ4v) is 2.90. The number of pyridine rings is 1. The summed E-state index contributed by atoms with van der Waals surface area (Å²) in [6.07, 6.45) is 2.30. The van der Waals surface area contributed by atoms with Gasteiger partial charge in [-0.05, 0) is 37.5 Å². The van der Waals surface area contributed by atoms with Crippen molar-refractivity contribution in [3.63, 3.8) is 0 Å². The lowest BCUT2D eigenvalue weighted by Gasteiger charge is -2.24. The fourth-order valence-electron chi connectivity index (χ4n) is 2.73. The van der Waals surface area contributed by atoms with Gasteiger partial charge in [0.2, 0.25) is 0 Å². The molecule has 1 aromatic heterocycles. The van der Waals surface area contributed by atoms with Crippen LogP contribution in [0.15, 0.2) is 18.2 Å². The van der Waals surface area contributed by atoms with Gasteiger partial charge in [0.1, 0.15) is 0 Å². The molecule has 0 radical (unpaired) electrons. The molecule has 0 amide bonds. The minimum atomic E-state index is -0.413. The third kappa shape index (κ3) is 1.74. The molecule has 2 aromatic rings. The van der Waals surface area contributed by atoms with E-state index in [4.69, 9.17) is 11.6 Å². The molecule has 0 aliphatic heterocycles. The standard InChI is InChI=1S/C14H15ClN2O/c1-16-14-9-6-5-8(15)7-11(9)17-10-3-2-4-12(18)13(10)14/h5-7,12,18H,2-4H2,1H3,(H,16,17). The third-order valence-corrected chi connectivity index (χ3v) is 3.77. The summed E-state index contributed by atoms with van der Waals surface area (Å²) in [6, 6.07) is 5.69. The van der Waals surface area contributed by atoms with Crippen molar-refractivity contribution < 1.29 is 5.11 Å². The summed E-state index contributed by atoms with van der Waals surface area (Å²) in [6.45, 7) is 0. The van der Waals surface area contributed by atoms with Gasteiger partial charge in [0, 0.05) is 28.7 Å². The Morgan fingerprint density at radius 3 is 3.06 bits per heavy atom. The topological polar surface area (TPSA) is 45.2 Å². The molecule has 0 bridgehead atoms. The first-order valence-corrected chi connectivity index (χ1v) is 6.56. The molecular weight excluding hydrogens is 248 g/mol. The number of hydrogen-bond acceptors (Lipinski definition) is 3. The van der Waals surface area contributed by atoms with E-state index < -0.39 is 6.10 Å². The first-order chi connectivity index (χ1) is 8.70. The second-order valence-corrected chi connectivity index (χ2v) is 5.10. The summed E-state index contributed by atoms with van der Waals surface area (Å²) < 4.78 is 0. The van der Waals surface area contributed by atoms with Crippen LogP contribution < -0.4 is 5.32 Å². The third-order valence-electron chi connectivity index (χ3n) is 3.54. The summed E-state index contributed by atoms with van der Waals surface area (Å²) in [4.78, 5) is 4.65. The number of benzene rings is 1. The van der Waals surface area contributed by atoms with E-state index in [0.717, 1.165) is 47.1 Å². The number of aliphatic hydroxyl groups excluding tert-OH is 1. The average molecular weight is 263 g/mol. The van der Waals surface area contributed by atoms with Gasteiger partial charge in [0.05, 0.1) is 17.3 Å². The van der Waals surface area contributed by atoms with Gasteiger partial charge in [-0.25, -0.2) is 0 Å². The van der Waals surface area contributed by atoms with Crippen LogP contribution in [0.5, 0.6) is 0 Å². The number of aromatic nitrogens is 1. The maximum Gasteiger partial charge on any atom is 0.0828 e. The van der Waals surface area contributed by atoms with Crippen LogP contribution in [-0.2, 0) is 6.42 Å². The number of halogens is 1. The molecule has 1 heterocycles. The van der Waals surface area contributed by atoms with E-state index in [1.54, 1.807) is 0 Å². The first-order valence-electron chi connectivity index (χ1n) is 6.18. The van der Waals surface area contributed by atoms with Crippen LogP contribution in [0.4, 0.5) is 5.69 Å². The van der Waals surface area contributed by atoms with Gasteiger partial charge in [0.25, 0.3) is 0 Å². The molecule has 3 rings (SSSR count). The molecule has 18 heavy (non-hydrogen) atoms. The zero-order chi connectivity index (χ0) is 12.7. The predicted octanol–water partition coefficient (Wildman–Crippen LogP) is 3.30. The highest BCUT2D eigenvalue weighted by Gasteiger charge is 2.24. The van der Waals surface area contributed by atoms with E-state index in [9.17, 15) is 5.11 Å². The zero-order valence-corrected chi connectivity index (χ0v) is 11.0. The molecule has 1 atom stereocenters. The molecule has 1 aromatic carbocycles. The van der Waals surface area contributed by atoms with Gasteiger partial charge < -0.3 is 10.4 Å². The van der Waals surface area contributed by atoms with Crippen molar-refractivity contribution in [2.45, 2.75) is 25.4 Å². The number of nitrogens with one attached hydrogen (secondary N) is 1. The Kier molecular flexibility index (Phi) is 2.88. The van der Waals surface area contributed by atoms with Crippen LogP contribution in [0.3, 0.4) is 0 Å². The van der Waals surface area contributed by atoms with E-state index >= 15 is 0 Å². The second-order valence-electron chi connectivity index (χ2n) is 4.67. The highest BCUT2D eigenvalue weighted by Crippen LogP contribution is 2.38. The molecule has 94 valence electrons. The molecule has 2 N–H and O–H groups in total. The summed E-state index contributed by atoms with van der Waals surface area (Å²) in [5, 5.41) is 15.1. The van der Waals surface area contributed by atoms with E-state index in [0.29, 0.717) is 5.02 Å². The van der Waals surface area contributed by atoms with Gasteiger partial charge in [0.15, 0.2) is 0 Å². The Morgan fingerprint density at radius 2 is 2.28 bits per heavy atom. The number of aliphatic hydroxyl groups is 1. The normalized spacial score (nSPS) is 18.7. The molecule has 0 saturated carbocycles. The molecule has 0 saturated heterocycles. The predicted molar refractivity (Wildman–Crippen MR) is 74.2 cm³/mol. The van der Waals surface area contributed by atoms with Crippen molar-refractivity contribution in [1.29, 1.82) is 0 Å². The van der Waals surface area contributed by atoms with E-state index in [1.807, 2.05) is 25.2 Å². The average Bonchev–Trinajstić information content (AvgIpc) is 2.36. The Bertz CT molecular complexity index is 612. The van der Waals surface area contributed by atoms with Crippen molar-refractivity contribution in [3.8, 4) is 0 Å². The lowest BCUT2D eigenvalue weighted by atomic mass is 9.90. The van der Waals surface area contributed by atoms with Crippen molar-refractivity contribution >= 4 is 28.2 Å². The van der Waals surface area contributed by atoms with Crippen LogP contribution in [0, 0.1) is 0 Å². The SMILES string of the molecule is CNc1c2c(nc3cc(Cl)ccc13)CCCC2O. The monoisotopic (exact) mass is 262 g/mol. The Labute approximate surface area is 111 Å². The number of nitrogens with zero attached hydrogens (tertiary/aromatic N) is 1.